The summed E-state index contributed by atoms with van der Waals surface area (Å²) in [5.41, 5.74) is 0. The third kappa shape index (κ3) is 4.44. The van der Waals surface area contributed by atoms with Crippen molar-refractivity contribution in [3.05, 3.63) is 12.2 Å². The van der Waals surface area contributed by atoms with Gasteiger partial charge < -0.3 is 10.6 Å². The maximum absolute atomic E-state index is 11.1. The van der Waals surface area contributed by atoms with Crippen molar-refractivity contribution in [3.63, 3.8) is 0 Å². The number of hydrogen-bond acceptors (Lipinski definition) is 3. The van der Waals surface area contributed by atoms with Gasteiger partial charge in [-0.2, -0.15) is 5.10 Å². The van der Waals surface area contributed by atoms with Crippen LogP contribution in [-0.4, -0.2) is 33.9 Å². The SMILES string of the molecule is CCCNC(=O)NCCc1ncn(C)n1. The lowest BCUT2D eigenvalue weighted by atomic mass is 10.4. The zero-order valence-corrected chi connectivity index (χ0v) is 9.16. The van der Waals surface area contributed by atoms with Crippen LogP contribution in [0.1, 0.15) is 19.2 Å². The maximum Gasteiger partial charge on any atom is 0.314 e. The molecule has 0 spiro atoms. The molecule has 0 radical (unpaired) electrons. The van der Waals surface area contributed by atoms with Crippen molar-refractivity contribution in [2.45, 2.75) is 19.8 Å². The maximum atomic E-state index is 11.1. The van der Waals surface area contributed by atoms with Gasteiger partial charge in [0, 0.05) is 26.6 Å². The Labute approximate surface area is 89.1 Å². The van der Waals surface area contributed by atoms with Gasteiger partial charge in [-0.25, -0.2) is 9.78 Å². The van der Waals surface area contributed by atoms with E-state index in [0.717, 1.165) is 12.2 Å². The Morgan fingerprint density at radius 3 is 2.80 bits per heavy atom. The van der Waals surface area contributed by atoms with E-state index in [4.69, 9.17) is 0 Å². The molecular formula is C9H17N5O. The zero-order valence-electron chi connectivity index (χ0n) is 9.16. The van der Waals surface area contributed by atoms with E-state index in [0.29, 0.717) is 19.5 Å². The van der Waals surface area contributed by atoms with E-state index in [2.05, 4.69) is 20.7 Å². The van der Waals surface area contributed by atoms with Gasteiger partial charge in [-0.15, -0.1) is 0 Å². The highest BCUT2D eigenvalue weighted by atomic mass is 16.2. The number of nitrogens with zero attached hydrogens (tertiary/aromatic N) is 3. The molecule has 0 aliphatic carbocycles. The molecular weight excluding hydrogens is 194 g/mol. The molecule has 0 fully saturated rings. The second kappa shape index (κ2) is 6.00. The average Bonchev–Trinajstić information content (AvgIpc) is 2.61. The van der Waals surface area contributed by atoms with Gasteiger partial charge in [0.25, 0.3) is 0 Å². The number of urea groups is 1. The summed E-state index contributed by atoms with van der Waals surface area (Å²) in [4.78, 5) is 15.2. The summed E-state index contributed by atoms with van der Waals surface area (Å²) in [7, 11) is 1.82. The fraction of sp³-hybridized carbons (Fsp3) is 0.667. The lowest BCUT2D eigenvalue weighted by Crippen LogP contribution is -2.37. The molecule has 6 nitrogen and oxygen atoms in total. The molecule has 1 aromatic rings. The van der Waals surface area contributed by atoms with Gasteiger partial charge >= 0.3 is 6.03 Å². The van der Waals surface area contributed by atoms with Crippen LogP contribution in [0.5, 0.6) is 0 Å². The van der Waals surface area contributed by atoms with Gasteiger partial charge in [-0.1, -0.05) is 6.92 Å². The summed E-state index contributed by atoms with van der Waals surface area (Å²) in [5, 5.41) is 9.57. The highest BCUT2D eigenvalue weighted by molar-refractivity contribution is 5.73. The van der Waals surface area contributed by atoms with Gasteiger partial charge in [-0.05, 0) is 6.42 Å². The smallest absolute Gasteiger partial charge is 0.314 e. The van der Waals surface area contributed by atoms with Crippen LogP contribution in [0.2, 0.25) is 0 Å². The Hall–Kier alpha value is -1.59. The Balaban J connectivity index is 2.13. The minimum Gasteiger partial charge on any atom is -0.338 e. The first-order chi connectivity index (χ1) is 7.22. The number of aromatic nitrogens is 3. The predicted molar refractivity (Wildman–Crippen MR) is 56.4 cm³/mol. The van der Waals surface area contributed by atoms with Crippen molar-refractivity contribution >= 4 is 6.03 Å². The molecule has 0 saturated carbocycles. The van der Waals surface area contributed by atoms with E-state index in [1.165, 1.54) is 0 Å². The summed E-state index contributed by atoms with van der Waals surface area (Å²) in [6.45, 7) is 3.27. The number of nitrogens with one attached hydrogen (secondary N) is 2. The standard InChI is InChI=1S/C9H17N5O/c1-3-5-10-9(15)11-6-4-8-12-7-14(2)13-8/h7H,3-6H2,1-2H3,(H2,10,11,15). The summed E-state index contributed by atoms with van der Waals surface area (Å²) in [6, 6.07) is -0.132. The largest absolute Gasteiger partial charge is 0.338 e. The third-order valence-corrected chi connectivity index (χ3v) is 1.82. The Morgan fingerprint density at radius 2 is 2.20 bits per heavy atom. The number of hydrogen-bond donors (Lipinski definition) is 2. The van der Waals surface area contributed by atoms with E-state index < -0.39 is 0 Å². The molecule has 0 aliphatic heterocycles. The monoisotopic (exact) mass is 211 g/mol. The zero-order chi connectivity index (χ0) is 11.1. The normalized spacial score (nSPS) is 10.0. The number of aryl methyl sites for hydroxylation is 1. The molecule has 1 aromatic heterocycles. The van der Waals surface area contributed by atoms with Gasteiger partial charge in [0.05, 0.1) is 0 Å². The van der Waals surface area contributed by atoms with Crippen molar-refractivity contribution in [1.29, 1.82) is 0 Å². The number of rotatable bonds is 5. The van der Waals surface area contributed by atoms with Gasteiger partial charge in [0.1, 0.15) is 6.33 Å². The van der Waals surface area contributed by atoms with Crippen molar-refractivity contribution in [2.75, 3.05) is 13.1 Å². The molecule has 0 aliphatic rings. The third-order valence-electron chi connectivity index (χ3n) is 1.82. The molecule has 0 saturated heterocycles. The van der Waals surface area contributed by atoms with Gasteiger partial charge in [0.2, 0.25) is 0 Å². The molecule has 2 N–H and O–H groups in total. The van der Waals surface area contributed by atoms with Crippen molar-refractivity contribution in [2.24, 2.45) is 7.05 Å². The first-order valence-corrected chi connectivity index (χ1v) is 5.08. The van der Waals surface area contributed by atoms with Crippen LogP contribution in [0.4, 0.5) is 4.79 Å². The topological polar surface area (TPSA) is 71.8 Å². The summed E-state index contributed by atoms with van der Waals surface area (Å²) in [5.74, 6) is 0.744. The Kier molecular flexibility index (Phi) is 4.59. The summed E-state index contributed by atoms with van der Waals surface area (Å²) < 4.78 is 1.65. The van der Waals surface area contributed by atoms with Gasteiger partial charge in [-0.3, -0.25) is 4.68 Å². The van der Waals surface area contributed by atoms with Crippen LogP contribution in [0.3, 0.4) is 0 Å². The second-order valence-electron chi connectivity index (χ2n) is 3.27. The summed E-state index contributed by atoms with van der Waals surface area (Å²) in [6.07, 6.45) is 3.24. The molecule has 15 heavy (non-hydrogen) atoms. The minimum atomic E-state index is -0.132. The van der Waals surface area contributed by atoms with E-state index >= 15 is 0 Å². The number of amides is 2. The van der Waals surface area contributed by atoms with Crippen LogP contribution in [0.25, 0.3) is 0 Å². The van der Waals surface area contributed by atoms with E-state index in [-0.39, 0.29) is 6.03 Å². The summed E-state index contributed by atoms with van der Waals surface area (Å²) >= 11 is 0. The minimum absolute atomic E-state index is 0.132. The fourth-order valence-corrected chi connectivity index (χ4v) is 1.09. The quantitative estimate of drug-likeness (QED) is 0.723. The molecule has 1 rings (SSSR count). The Bertz CT molecular complexity index is 309. The van der Waals surface area contributed by atoms with Crippen LogP contribution < -0.4 is 10.6 Å². The van der Waals surface area contributed by atoms with Crippen LogP contribution in [0.15, 0.2) is 6.33 Å². The van der Waals surface area contributed by atoms with Crippen molar-refractivity contribution in [1.82, 2.24) is 25.4 Å². The highest BCUT2D eigenvalue weighted by Crippen LogP contribution is 1.87. The molecule has 6 heteroatoms. The molecule has 2 amide bonds. The van der Waals surface area contributed by atoms with E-state index in [9.17, 15) is 4.79 Å². The molecule has 0 bridgehead atoms. The van der Waals surface area contributed by atoms with E-state index in [1.807, 2.05) is 14.0 Å². The van der Waals surface area contributed by atoms with E-state index in [1.54, 1.807) is 11.0 Å². The Morgan fingerprint density at radius 1 is 1.47 bits per heavy atom. The average molecular weight is 211 g/mol. The lowest BCUT2D eigenvalue weighted by Gasteiger charge is -2.04. The van der Waals surface area contributed by atoms with Crippen molar-refractivity contribution in [3.8, 4) is 0 Å². The molecule has 84 valence electrons. The van der Waals surface area contributed by atoms with Crippen LogP contribution in [0, 0.1) is 0 Å². The molecule has 0 aromatic carbocycles. The first-order valence-electron chi connectivity index (χ1n) is 5.08. The molecule has 1 heterocycles. The van der Waals surface area contributed by atoms with Crippen LogP contribution in [-0.2, 0) is 13.5 Å². The highest BCUT2D eigenvalue weighted by Gasteiger charge is 2.00. The molecule has 0 atom stereocenters. The van der Waals surface area contributed by atoms with Crippen LogP contribution >= 0.6 is 0 Å². The second-order valence-corrected chi connectivity index (χ2v) is 3.27. The first kappa shape index (κ1) is 11.5. The number of carbonyl (C=O) groups excluding carboxylic acids is 1. The van der Waals surface area contributed by atoms with Gasteiger partial charge in [0.15, 0.2) is 5.82 Å². The number of carbonyl (C=O) groups is 1. The fourth-order valence-electron chi connectivity index (χ4n) is 1.09. The predicted octanol–water partition coefficient (Wildman–Crippen LogP) is 0.0668. The molecule has 0 unspecified atom stereocenters. The van der Waals surface area contributed by atoms with Crippen molar-refractivity contribution < 1.29 is 4.79 Å². The lowest BCUT2D eigenvalue weighted by molar-refractivity contribution is 0.241.